The number of hydrazone groups is 1. The molecule has 0 spiro atoms. The van der Waals surface area contributed by atoms with Gasteiger partial charge in [0.1, 0.15) is 12.0 Å². The number of nitrogens with zero attached hydrogens (tertiary/aromatic N) is 3. The van der Waals surface area contributed by atoms with Crippen LogP contribution in [0.3, 0.4) is 0 Å². The highest BCUT2D eigenvalue weighted by Crippen LogP contribution is 2.38. The van der Waals surface area contributed by atoms with Crippen molar-refractivity contribution in [3.8, 4) is 0 Å². The highest BCUT2D eigenvalue weighted by atomic mass is 35.5. The summed E-state index contributed by atoms with van der Waals surface area (Å²) in [6.07, 6.45) is 0. The minimum Gasteiger partial charge on any atom is -0.461 e. The third-order valence-corrected chi connectivity index (χ3v) is 5.17. The third kappa shape index (κ3) is 3.17. The van der Waals surface area contributed by atoms with Crippen molar-refractivity contribution in [3.63, 3.8) is 0 Å². The number of fused-ring (bicyclic) bond motifs is 1. The predicted octanol–water partition coefficient (Wildman–Crippen LogP) is 2.95. The molecule has 0 radical (unpaired) electrons. The van der Waals surface area contributed by atoms with E-state index >= 15 is 0 Å². The summed E-state index contributed by atoms with van der Waals surface area (Å²) in [5.41, 5.74) is 1.94. The molecule has 0 bridgehead atoms. The number of hydrogen-bond acceptors (Lipinski definition) is 6. The molecule has 29 heavy (non-hydrogen) atoms. The summed E-state index contributed by atoms with van der Waals surface area (Å²) in [7, 11) is 0. The Morgan fingerprint density at radius 3 is 2.28 bits per heavy atom. The summed E-state index contributed by atoms with van der Waals surface area (Å²) < 4.78 is 5.08. The van der Waals surface area contributed by atoms with Gasteiger partial charge in [-0.05, 0) is 50.2 Å². The van der Waals surface area contributed by atoms with Crippen molar-refractivity contribution >= 4 is 46.5 Å². The summed E-state index contributed by atoms with van der Waals surface area (Å²) in [6, 6.07) is 12.8. The minimum atomic E-state index is -1.03. The van der Waals surface area contributed by atoms with Crippen LogP contribution in [0.15, 0.2) is 53.6 Å². The van der Waals surface area contributed by atoms with Crippen molar-refractivity contribution in [2.24, 2.45) is 11.0 Å². The van der Waals surface area contributed by atoms with Gasteiger partial charge in [-0.1, -0.05) is 29.3 Å². The van der Waals surface area contributed by atoms with Gasteiger partial charge >= 0.3 is 5.97 Å². The predicted molar refractivity (Wildman–Crippen MR) is 109 cm³/mol. The fourth-order valence-corrected chi connectivity index (χ4v) is 3.67. The number of carbonyl (C=O) groups excluding carboxylic acids is 3. The number of esters is 1. The number of halogens is 1. The number of amides is 2. The largest absolute Gasteiger partial charge is 0.461 e. The van der Waals surface area contributed by atoms with E-state index in [0.717, 1.165) is 10.5 Å². The number of anilines is 2. The summed E-state index contributed by atoms with van der Waals surface area (Å²) in [5.74, 6) is -2.67. The first-order valence-electron chi connectivity index (χ1n) is 9.17. The lowest BCUT2D eigenvalue weighted by molar-refractivity contribution is -0.136. The first-order chi connectivity index (χ1) is 13.9. The van der Waals surface area contributed by atoms with Crippen molar-refractivity contribution < 1.29 is 19.1 Å². The monoisotopic (exact) mass is 411 g/mol. The van der Waals surface area contributed by atoms with Crippen LogP contribution in [0.1, 0.15) is 12.5 Å². The molecule has 0 aromatic heterocycles. The molecule has 0 unspecified atom stereocenters. The summed E-state index contributed by atoms with van der Waals surface area (Å²) in [5, 5.41) is 6.22. The topological polar surface area (TPSA) is 79.3 Å². The molecule has 4 rings (SSSR count). The molecule has 2 heterocycles. The quantitative estimate of drug-likeness (QED) is 0.571. The van der Waals surface area contributed by atoms with Gasteiger partial charge < -0.3 is 4.74 Å². The van der Waals surface area contributed by atoms with Gasteiger partial charge in [0.05, 0.1) is 18.0 Å². The molecule has 1 saturated heterocycles. The van der Waals surface area contributed by atoms with Crippen molar-refractivity contribution in [1.82, 2.24) is 0 Å². The van der Waals surface area contributed by atoms with Gasteiger partial charge in [-0.25, -0.2) is 9.69 Å². The molecular formula is C21H18ClN3O4. The normalized spacial score (nSPS) is 20.7. The summed E-state index contributed by atoms with van der Waals surface area (Å²) in [4.78, 5) is 40.1. The van der Waals surface area contributed by atoms with Crippen LogP contribution >= 0.6 is 11.6 Å². The molecule has 2 aromatic carbocycles. The van der Waals surface area contributed by atoms with Crippen LogP contribution in [0.25, 0.3) is 0 Å². The van der Waals surface area contributed by atoms with Gasteiger partial charge in [-0.15, -0.1) is 0 Å². The van der Waals surface area contributed by atoms with E-state index in [1.165, 1.54) is 5.01 Å². The van der Waals surface area contributed by atoms with Crippen LogP contribution < -0.4 is 9.91 Å². The van der Waals surface area contributed by atoms with Gasteiger partial charge in [0.15, 0.2) is 5.71 Å². The molecule has 148 valence electrons. The fraction of sp³-hybridized carbons (Fsp3) is 0.238. The van der Waals surface area contributed by atoms with Crippen molar-refractivity contribution in [2.45, 2.75) is 19.9 Å². The summed E-state index contributed by atoms with van der Waals surface area (Å²) >= 11 is 5.96. The minimum absolute atomic E-state index is 0.0697. The second-order valence-corrected chi connectivity index (χ2v) is 7.23. The Kier molecular flexibility index (Phi) is 4.84. The number of rotatable bonds is 4. The lowest BCUT2D eigenvalue weighted by atomic mass is 9.98. The van der Waals surface area contributed by atoms with Crippen LogP contribution in [0.4, 0.5) is 11.4 Å². The second kappa shape index (κ2) is 7.33. The Hall–Kier alpha value is -3.19. The molecule has 2 aliphatic rings. The molecule has 8 heteroatoms. The van der Waals surface area contributed by atoms with E-state index < -0.39 is 29.7 Å². The molecular weight excluding hydrogens is 394 g/mol. The van der Waals surface area contributed by atoms with E-state index in [1.807, 2.05) is 19.1 Å². The van der Waals surface area contributed by atoms with Crippen molar-refractivity contribution in [1.29, 1.82) is 0 Å². The zero-order valence-corrected chi connectivity index (χ0v) is 16.6. The van der Waals surface area contributed by atoms with Gasteiger partial charge in [0, 0.05) is 5.02 Å². The van der Waals surface area contributed by atoms with E-state index in [4.69, 9.17) is 16.3 Å². The molecule has 0 N–H and O–H groups in total. The van der Waals surface area contributed by atoms with Gasteiger partial charge in [-0.2, -0.15) is 5.10 Å². The van der Waals surface area contributed by atoms with E-state index in [-0.39, 0.29) is 12.3 Å². The number of ether oxygens (including phenoxy) is 1. The van der Waals surface area contributed by atoms with Crippen molar-refractivity contribution in [2.75, 3.05) is 16.5 Å². The van der Waals surface area contributed by atoms with Gasteiger partial charge in [0.2, 0.25) is 5.91 Å². The standard InChI is InChI=1S/C21H18ClN3O4/c1-3-29-21(28)17-16-18(25(23-17)15-10-6-13(22)7-11-15)20(27)24(19(16)26)14-8-4-12(2)5-9-14/h4-11,16,18H,3H2,1-2H3/t16-,18-/m0/s1. The van der Waals surface area contributed by atoms with E-state index in [2.05, 4.69) is 5.10 Å². The number of aryl methyl sites for hydroxylation is 1. The molecule has 0 saturated carbocycles. The Labute approximate surface area is 172 Å². The van der Waals surface area contributed by atoms with E-state index in [0.29, 0.717) is 16.4 Å². The number of hydrogen-bond donors (Lipinski definition) is 0. The third-order valence-electron chi connectivity index (χ3n) is 4.92. The second-order valence-electron chi connectivity index (χ2n) is 6.80. The highest BCUT2D eigenvalue weighted by Gasteiger charge is 2.59. The van der Waals surface area contributed by atoms with Gasteiger partial charge in [0.25, 0.3) is 5.91 Å². The Bertz CT molecular complexity index is 1020. The molecule has 2 aliphatic heterocycles. The summed E-state index contributed by atoms with van der Waals surface area (Å²) in [6.45, 7) is 3.72. The SMILES string of the molecule is CCOC(=O)C1=NN(c2ccc(Cl)cc2)[C@@H]2C(=O)N(c3ccc(C)cc3)C(=O)[C@@H]12. The molecule has 0 aliphatic carbocycles. The van der Waals surface area contributed by atoms with Crippen LogP contribution in [0, 0.1) is 12.8 Å². The lowest BCUT2D eigenvalue weighted by Crippen LogP contribution is -2.39. The fourth-order valence-electron chi connectivity index (χ4n) is 3.54. The number of carbonyl (C=O) groups is 3. The van der Waals surface area contributed by atoms with Crippen LogP contribution in [0.2, 0.25) is 5.02 Å². The molecule has 1 fully saturated rings. The number of benzene rings is 2. The maximum Gasteiger partial charge on any atom is 0.355 e. The number of imide groups is 1. The average molecular weight is 412 g/mol. The molecule has 7 nitrogen and oxygen atoms in total. The smallest absolute Gasteiger partial charge is 0.355 e. The molecule has 2 aromatic rings. The van der Waals surface area contributed by atoms with Crippen LogP contribution in [-0.2, 0) is 19.1 Å². The maximum absolute atomic E-state index is 13.3. The average Bonchev–Trinajstić information content (AvgIpc) is 3.21. The Morgan fingerprint density at radius 1 is 1.03 bits per heavy atom. The van der Waals surface area contributed by atoms with E-state index in [1.54, 1.807) is 43.3 Å². The zero-order chi connectivity index (χ0) is 20.7. The van der Waals surface area contributed by atoms with Gasteiger partial charge in [-0.3, -0.25) is 14.6 Å². The first-order valence-corrected chi connectivity index (χ1v) is 9.55. The van der Waals surface area contributed by atoms with Crippen LogP contribution in [0.5, 0.6) is 0 Å². The van der Waals surface area contributed by atoms with E-state index in [9.17, 15) is 14.4 Å². The zero-order valence-electron chi connectivity index (χ0n) is 15.8. The van der Waals surface area contributed by atoms with Crippen LogP contribution in [-0.4, -0.2) is 36.1 Å². The molecule has 2 atom stereocenters. The van der Waals surface area contributed by atoms with Crippen molar-refractivity contribution in [3.05, 3.63) is 59.1 Å². The molecule has 2 amide bonds. The Morgan fingerprint density at radius 2 is 1.66 bits per heavy atom. The highest BCUT2D eigenvalue weighted by molar-refractivity contribution is 6.47. The lowest BCUT2D eigenvalue weighted by Gasteiger charge is -2.22. The maximum atomic E-state index is 13.3. The Balaban J connectivity index is 1.78. The first kappa shape index (κ1) is 19.1.